The van der Waals surface area contributed by atoms with E-state index in [1.807, 2.05) is 109 Å². The maximum atomic E-state index is 13.7. The molecule has 2 heterocycles. The highest BCUT2D eigenvalue weighted by atomic mass is 16.6. The summed E-state index contributed by atoms with van der Waals surface area (Å²) in [5, 5.41) is 15.3. The quantitative estimate of drug-likeness (QED) is 0.102. The van der Waals surface area contributed by atoms with E-state index in [-0.39, 0.29) is 12.2 Å². The molecule has 55 heavy (non-hydrogen) atoms. The van der Waals surface area contributed by atoms with Gasteiger partial charge in [-0.25, -0.2) is 9.59 Å². The van der Waals surface area contributed by atoms with Gasteiger partial charge in [0.05, 0.1) is 26.4 Å². The van der Waals surface area contributed by atoms with E-state index in [2.05, 4.69) is 10.3 Å². The van der Waals surface area contributed by atoms with Crippen LogP contribution in [0.3, 0.4) is 0 Å². The minimum atomic E-state index is -1.56. The summed E-state index contributed by atoms with van der Waals surface area (Å²) in [7, 11) is 3.19. The summed E-state index contributed by atoms with van der Waals surface area (Å²) >= 11 is 0. The third kappa shape index (κ3) is 8.00. The molecule has 0 bridgehead atoms. The zero-order valence-corrected chi connectivity index (χ0v) is 30.4. The maximum Gasteiger partial charge on any atom is 0.351 e. The monoisotopic (exact) mass is 739 g/mol. The molecule has 0 radical (unpaired) electrons. The van der Waals surface area contributed by atoms with Gasteiger partial charge < -0.3 is 34.1 Å². The molecule has 0 aliphatic carbocycles. The Morgan fingerprint density at radius 1 is 0.782 bits per heavy atom. The van der Waals surface area contributed by atoms with Crippen LogP contribution in [-0.2, 0) is 26.4 Å². The van der Waals surface area contributed by atoms with Gasteiger partial charge in [0.1, 0.15) is 35.1 Å². The fourth-order valence-corrected chi connectivity index (χ4v) is 6.78. The largest absolute Gasteiger partial charge is 0.497 e. The Hall–Kier alpha value is -6.27. The summed E-state index contributed by atoms with van der Waals surface area (Å²) in [5.74, 6) is 0.976. The Balaban J connectivity index is 1.28. The third-order valence-electron chi connectivity index (χ3n) is 9.60. The van der Waals surface area contributed by atoms with Gasteiger partial charge in [-0.2, -0.15) is 4.98 Å². The van der Waals surface area contributed by atoms with Crippen molar-refractivity contribution in [1.29, 1.82) is 0 Å². The van der Waals surface area contributed by atoms with Gasteiger partial charge in [-0.1, -0.05) is 103 Å². The average molecular weight is 740 g/mol. The van der Waals surface area contributed by atoms with Gasteiger partial charge in [-0.15, -0.1) is 0 Å². The van der Waals surface area contributed by atoms with E-state index in [1.165, 1.54) is 10.8 Å². The standard InChI is InChI=1S/C44H41N3O8/c1-51-35-22-18-33(19-23-35)44(32-16-10-5-11-17-32,34-20-24-36(52-2)25-21-34)55-37-29-53-41(39(48)40(37)54-42(49)31-14-8-4-9-15-31)47-27-26-38(46-43(47)50)45-28-30-12-6-3-7-13-30/h3-27,37,39-41,48H,28-29H2,1-2H3,(H,45,46,50)/t37-,39-,40-,41-/m1/s1. The Morgan fingerprint density at radius 3 is 1.89 bits per heavy atom. The van der Waals surface area contributed by atoms with Crippen LogP contribution in [0.25, 0.3) is 0 Å². The zero-order valence-electron chi connectivity index (χ0n) is 30.4. The Bertz CT molecular complexity index is 2170. The van der Waals surface area contributed by atoms with Crippen molar-refractivity contribution in [2.45, 2.75) is 36.7 Å². The summed E-state index contributed by atoms with van der Waals surface area (Å²) in [4.78, 5) is 31.4. The van der Waals surface area contributed by atoms with Crippen LogP contribution in [0.5, 0.6) is 11.5 Å². The first-order chi connectivity index (χ1) is 26.9. The van der Waals surface area contributed by atoms with Crippen LogP contribution >= 0.6 is 0 Å². The smallest absolute Gasteiger partial charge is 0.351 e. The van der Waals surface area contributed by atoms with Crippen LogP contribution in [0.2, 0.25) is 0 Å². The van der Waals surface area contributed by atoms with Gasteiger partial charge in [0.25, 0.3) is 0 Å². The molecule has 1 saturated heterocycles. The van der Waals surface area contributed by atoms with Crippen molar-refractivity contribution in [2.24, 2.45) is 0 Å². The summed E-state index contributed by atoms with van der Waals surface area (Å²) in [5.41, 5.74) is 1.52. The van der Waals surface area contributed by atoms with E-state index in [4.69, 9.17) is 23.7 Å². The molecule has 4 atom stereocenters. The molecule has 280 valence electrons. The van der Waals surface area contributed by atoms with Crippen LogP contribution in [0.4, 0.5) is 5.82 Å². The molecule has 0 saturated carbocycles. The van der Waals surface area contributed by atoms with Crippen LogP contribution in [0.15, 0.2) is 157 Å². The van der Waals surface area contributed by atoms with E-state index >= 15 is 0 Å². The van der Waals surface area contributed by atoms with Crippen LogP contribution < -0.4 is 20.5 Å². The molecule has 0 spiro atoms. The lowest BCUT2D eigenvalue weighted by Gasteiger charge is -2.45. The third-order valence-corrected chi connectivity index (χ3v) is 9.60. The van der Waals surface area contributed by atoms with E-state index in [1.54, 1.807) is 50.6 Å². The molecule has 7 rings (SSSR count). The molecule has 6 aromatic rings. The number of anilines is 1. The number of aliphatic hydroxyl groups is 1. The summed E-state index contributed by atoms with van der Waals surface area (Å²) in [6.45, 7) is 0.289. The number of aromatic nitrogens is 2. The maximum absolute atomic E-state index is 13.7. The topological polar surface area (TPSA) is 130 Å². The SMILES string of the molecule is COc1ccc(C(O[C@@H]2CO[C@@H](n3ccc(NCc4ccccc4)nc3=O)[C@H](O)[C@@H]2OC(=O)c2ccccc2)(c2ccccc2)c2ccc(OC)cc2)cc1. The molecule has 11 heteroatoms. The summed E-state index contributed by atoms with van der Waals surface area (Å²) < 4.78 is 31.9. The Kier molecular flexibility index (Phi) is 11.3. The first-order valence-corrected chi connectivity index (χ1v) is 17.8. The van der Waals surface area contributed by atoms with Gasteiger partial charge in [-0.05, 0) is 64.7 Å². The highest BCUT2D eigenvalue weighted by Gasteiger charge is 2.49. The molecule has 5 aromatic carbocycles. The lowest BCUT2D eigenvalue weighted by molar-refractivity contribution is -0.240. The number of carbonyl (C=O) groups excluding carboxylic acids is 1. The number of carbonyl (C=O) groups is 1. The fraction of sp³-hybridized carbons (Fsp3) is 0.205. The number of methoxy groups -OCH3 is 2. The molecule has 1 aliphatic heterocycles. The predicted molar refractivity (Wildman–Crippen MR) is 206 cm³/mol. The van der Waals surface area contributed by atoms with Crippen molar-refractivity contribution in [3.8, 4) is 11.5 Å². The van der Waals surface area contributed by atoms with Gasteiger partial charge >= 0.3 is 11.7 Å². The number of rotatable bonds is 13. The van der Waals surface area contributed by atoms with E-state index < -0.39 is 41.8 Å². The molecular weight excluding hydrogens is 698 g/mol. The lowest BCUT2D eigenvalue weighted by Crippen LogP contribution is -2.57. The number of benzene rings is 5. The van der Waals surface area contributed by atoms with Crippen LogP contribution in [-0.4, -0.2) is 59.8 Å². The highest BCUT2D eigenvalue weighted by molar-refractivity contribution is 5.89. The molecule has 1 aliphatic rings. The van der Waals surface area contributed by atoms with Gasteiger partial charge in [0.15, 0.2) is 12.3 Å². The number of hydrogen-bond donors (Lipinski definition) is 2. The fourth-order valence-electron chi connectivity index (χ4n) is 6.78. The second-order valence-corrected chi connectivity index (χ2v) is 13.0. The van der Waals surface area contributed by atoms with E-state index in [0.717, 1.165) is 22.3 Å². The van der Waals surface area contributed by atoms with Crippen LogP contribution in [0.1, 0.15) is 38.8 Å². The minimum absolute atomic E-state index is 0.171. The first-order valence-electron chi connectivity index (χ1n) is 17.8. The van der Waals surface area contributed by atoms with Crippen molar-refractivity contribution in [3.63, 3.8) is 0 Å². The van der Waals surface area contributed by atoms with Gasteiger partial charge in [-0.3, -0.25) is 4.57 Å². The van der Waals surface area contributed by atoms with Crippen molar-refractivity contribution < 1.29 is 33.6 Å². The molecule has 1 aromatic heterocycles. The number of ether oxygens (including phenoxy) is 5. The number of hydrogen-bond acceptors (Lipinski definition) is 10. The molecule has 0 unspecified atom stereocenters. The summed E-state index contributed by atoms with van der Waals surface area (Å²) in [6.07, 6.45) is -3.69. The van der Waals surface area contributed by atoms with Crippen molar-refractivity contribution in [1.82, 2.24) is 9.55 Å². The van der Waals surface area contributed by atoms with E-state index in [0.29, 0.717) is 23.9 Å². The van der Waals surface area contributed by atoms with E-state index in [9.17, 15) is 14.7 Å². The lowest BCUT2D eigenvalue weighted by atomic mass is 9.79. The minimum Gasteiger partial charge on any atom is -0.497 e. The number of esters is 1. The second kappa shape index (κ2) is 16.8. The number of nitrogens with zero attached hydrogens (tertiary/aromatic N) is 2. The molecule has 11 nitrogen and oxygen atoms in total. The molecule has 1 fully saturated rings. The molecule has 2 N–H and O–H groups in total. The van der Waals surface area contributed by atoms with Crippen molar-refractivity contribution in [3.05, 3.63) is 190 Å². The normalized spacial score (nSPS) is 18.2. The van der Waals surface area contributed by atoms with Crippen molar-refractivity contribution in [2.75, 3.05) is 26.1 Å². The van der Waals surface area contributed by atoms with Crippen LogP contribution in [0, 0.1) is 0 Å². The van der Waals surface area contributed by atoms with Gasteiger partial charge in [0, 0.05) is 12.7 Å². The Labute approximate surface area is 318 Å². The highest BCUT2D eigenvalue weighted by Crippen LogP contribution is 2.44. The first kappa shape index (κ1) is 37.1. The van der Waals surface area contributed by atoms with Crippen molar-refractivity contribution >= 4 is 11.8 Å². The zero-order chi connectivity index (χ0) is 38.2. The predicted octanol–water partition coefficient (Wildman–Crippen LogP) is 6.37. The van der Waals surface area contributed by atoms with Gasteiger partial charge in [0.2, 0.25) is 0 Å². The average Bonchev–Trinajstić information content (AvgIpc) is 3.24. The summed E-state index contributed by atoms with van der Waals surface area (Å²) in [6, 6.07) is 44.4. The second-order valence-electron chi connectivity index (χ2n) is 13.0. The number of nitrogens with one attached hydrogen (secondary N) is 1. The number of aliphatic hydroxyl groups excluding tert-OH is 1. The Morgan fingerprint density at radius 2 is 1.33 bits per heavy atom. The molecular formula is C44H41N3O8. The molecule has 0 amide bonds.